The number of benzene rings is 1. The minimum absolute atomic E-state index is 0.125. The highest BCUT2D eigenvalue weighted by atomic mass is 32.2. The number of sulfonamides is 1. The predicted molar refractivity (Wildman–Crippen MR) is 67.4 cm³/mol. The number of hydrogen-bond donors (Lipinski definition) is 2. The van der Waals surface area contributed by atoms with Gasteiger partial charge >= 0.3 is 0 Å². The maximum absolute atomic E-state index is 12.3. The van der Waals surface area contributed by atoms with Crippen molar-refractivity contribution in [3.63, 3.8) is 0 Å². The number of carbonyl (C=O) groups excluding carboxylic acids is 1. The topological polar surface area (TPSA) is 92.5 Å². The first-order valence-corrected chi connectivity index (χ1v) is 6.98. The van der Waals surface area contributed by atoms with Gasteiger partial charge in [0.05, 0.1) is 11.4 Å². The van der Waals surface area contributed by atoms with Gasteiger partial charge in [0.15, 0.2) is 0 Å². The molecule has 1 aliphatic rings. The zero-order chi connectivity index (χ0) is 13.3. The van der Waals surface area contributed by atoms with Crippen molar-refractivity contribution >= 4 is 21.6 Å². The number of carbonyl (C=O) groups is 1. The van der Waals surface area contributed by atoms with E-state index in [9.17, 15) is 13.2 Å². The standard InChI is InChI=1S/C11H15N3O3S/c1-8-2-3-9(6-10(8)12)18(16,17)14-5-4-13-11(15)7-14/h2-3,6H,4-5,7,12H2,1H3,(H,13,15). The number of nitrogens with zero attached hydrogens (tertiary/aromatic N) is 1. The second kappa shape index (κ2) is 4.58. The third-order valence-corrected chi connectivity index (χ3v) is 4.73. The molecule has 0 aromatic heterocycles. The Morgan fingerprint density at radius 2 is 2.11 bits per heavy atom. The van der Waals surface area contributed by atoms with Gasteiger partial charge < -0.3 is 11.1 Å². The summed E-state index contributed by atoms with van der Waals surface area (Å²) < 4.78 is 25.7. The van der Waals surface area contributed by atoms with Crippen LogP contribution >= 0.6 is 0 Å². The van der Waals surface area contributed by atoms with Crippen LogP contribution in [0.5, 0.6) is 0 Å². The van der Waals surface area contributed by atoms with Crippen molar-refractivity contribution in [2.24, 2.45) is 0 Å². The van der Waals surface area contributed by atoms with Gasteiger partial charge in [-0.1, -0.05) is 6.07 Å². The van der Waals surface area contributed by atoms with Gasteiger partial charge in [0.1, 0.15) is 0 Å². The van der Waals surface area contributed by atoms with Crippen molar-refractivity contribution in [3.05, 3.63) is 23.8 Å². The van der Waals surface area contributed by atoms with Crippen molar-refractivity contribution < 1.29 is 13.2 Å². The maximum Gasteiger partial charge on any atom is 0.243 e. The molecule has 0 unspecified atom stereocenters. The van der Waals surface area contributed by atoms with E-state index in [4.69, 9.17) is 5.73 Å². The second-order valence-corrected chi connectivity index (χ2v) is 6.14. The molecule has 1 heterocycles. The number of hydrogen-bond acceptors (Lipinski definition) is 4. The Morgan fingerprint density at radius 3 is 2.72 bits per heavy atom. The zero-order valence-corrected chi connectivity index (χ0v) is 10.8. The lowest BCUT2D eigenvalue weighted by atomic mass is 10.2. The first-order chi connectivity index (χ1) is 8.41. The Balaban J connectivity index is 2.35. The highest BCUT2D eigenvalue weighted by Gasteiger charge is 2.29. The van der Waals surface area contributed by atoms with Crippen molar-refractivity contribution in [1.82, 2.24) is 9.62 Å². The summed E-state index contributed by atoms with van der Waals surface area (Å²) in [7, 11) is -3.64. The van der Waals surface area contributed by atoms with Gasteiger partial charge in [-0.2, -0.15) is 4.31 Å². The number of amides is 1. The van der Waals surface area contributed by atoms with Gasteiger partial charge in [-0.05, 0) is 24.6 Å². The Morgan fingerprint density at radius 1 is 1.39 bits per heavy atom. The molecule has 0 spiro atoms. The molecule has 0 bridgehead atoms. The minimum atomic E-state index is -3.64. The lowest BCUT2D eigenvalue weighted by Gasteiger charge is -2.26. The lowest BCUT2D eigenvalue weighted by Crippen LogP contribution is -2.49. The molecule has 98 valence electrons. The molecule has 18 heavy (non-hydrogen) atoms. The average Bonchev–Trinajstić information content (AvgIpc) is 2.32. The maximum atomic E-state index is 12.3. The number of aryl methyl sites for hydroxylation is 1. The molecule has 3 N–H and O–H groups in total. The van der Waals surface area contributed by atoms with E-state index < -0.39 is 10.0 Å². The van der Waals surface area contributed by atoms with Gasteiger partial charge in [0, 0.05) is 18.8 Å². The van der Waals surface area contributed by atoms with E-state index in [-0.39, 0.29) is 23.9 Å². The Bertz CT molecular complexity index is 583. The van der Waals surface area contributed by atoms with E-state index >= 15 is 0 Å². The number of nitrogens with two attached hydrogens (primary N) is 1. The zero-order valence-electron chi connectivity index (χ0n) is 10.0. The van der Waals surface area contributed by atoms with E-state index in [2.05, 4.69) is 5.32 Å². The highest BCUT2D eigenvalue weighted by Crippen LogP contribution is 2.21. The average molecular weight is 269 g/mol. The summed E-state index contributed by atoms with van der Waals surface area (Å²) in [5.74, 6) is -0.287. The smallest absolute Gasteiger partial charge is 0.243 e. The fraction of sp³-hybridized carbons (Fsp3) is 0.364. The number of anilines is 1. The molecule has 0 atom stereocenters. The van der Waals surface area contributed by atoms with Crippen molar-refractivity contribution in [2.75, 3.05) is 25.4 Å². The first-order valence-electron chi connectivity index (χ1n) is 5.54. The molecule has 0 radical (unpaired) electrons. The quantitative estimate of drug-likeness (QED) is 0.721. The molecule has 1 aliphatic heterocycles. The van der Waals surface area contributed by atoms with Gasteiger partial charge in [-0.25, -0.2) is 8.42 Å². The molecule has 0 aliphatic carbocycles. The molecular formula is C11H15N3O3S. The molecule has 1 aromatic rings. The van der Waals surface area contributed by atoms with Crippen LogP contribution in [0.4, 0.5) is 5.69 Å². The number of nitrogen functional groups attached to an aromatic ring is 1. The minimum Gasteiger partial charge on any atom is -0.398 e. The number of piperazine rings is 1. The Labute approximate surface area is 106 Å². The molecule has 6 nitrogen and oxygen atoms in total. The summed E-state index contributed by atoms with van der Waals surface area (Å²) in [6.45, 7) is 2.28. The van der Waals surface area contributed by atoms with Gasteiger partial charge in [0.2, 0.25) is 15.9 Å². The van der Waals surface area contributed by atoms with Crippen LogP contribution in [0.3, 0.4) is 0 Å². The van der Waals surface area contributed by atoms with Crippen LogP contribution in [-0.2, 0) is 14.8 Å². The van der Waals surface area contributed by atoms with E-state index in [1.54, 1.807) is 13.0 Å². The van der Waals surface area contributed by atoms with Gasteiger partial charge in [-0.15, -0.1) is 0 Å². The van der Waals surface area contributed by atoms with Gasteiger partial charge in [-0.3, -0.25) is 4.79 Å². The van der Waals surface area contributed by atoms with E-state index in [0.717, 1.165) is 9.87 Å². The van der Waals surface area contributed by atoms with Crippen molar-refractivity contribution in [2.45, 2.75) is 11.8 Å². The molecule has 1 saturated heterocycles. The summed E-state index contributed by atoms with van der Waals surface area (Å²) in [5, 5.41) is 2.59. The van der Waals surface area contributed by atoms with Crippen molar-refractivity contribution in [1.29, 1.82) is 0 Å². The van der Waals surface area contributed by atoms with E-state index in [1.807, 2.05) is 0 Å². The largest absolute Gasteiger partial charge is 0.398 e. The summed E-state index contributed by atoms with van der Waals surface area (Å²) >= 11 is 0. The molecule has 1 fully saturated rings. The number of rotatable bonds is 2. The lowest BCUT2D eigenvalue weighted by molar-refractivity contribution is -0.122. The fourth-order valence-electron chi connectivity index (χ4n) is 1.75. The Hall–Kier alpha value is -1.60. The summed E-state index contributed by atoms with van der Waals surface area (Å²) in [6, 6.07) is 4.59. The fourth-order valence-corrected chi connectivity index (χ4v) is 3.18. The predicted octanol–water partition coefficient (Wildman–Crippen LogP) is -0.302. The van der Waals surface area contributed by atoms with Crippen LogP contribution in [-0.4, -0.2) is 38.3 Å². The Kier molecular flexibility index (Phi) is 3.27. The van der Waals surface area contributed by atoms with E-state index in [1.165, 1.54) is 12.1 Å². The molecule has 0 saturated carbocycles. The summed E-state index contributed by atoms with van der Waals surface area (Å²) in [4.78, 5) is 11.4. The number of nitrogens with one attached hydrogen (secondary N) is 1. The van der Waals surface area contributed by atoms with E-state index in [0.29, 0.717) is 12.2 Å². The normalized spacial score (nSPS) is 17.5. The molecule has 7 heteroatoms. The second-order valence-electron chi connectivity index (χ2n) is 4.21. The first kappa shape index (κ1) is 12.8. The third-order valence-electron chi connectivity index (χ3n) is 2.89. The molecule has 1 amide bonds. The third kappa shape index (κ3) is 2.32. The van der Waals surface area contributed by atoms with Crippen LogP contribution in [0.15, 0.2) is 23.1 Å². The van der Waals surface area contributed by atoms with Crippen LogP contribution < -0.4 is 11.1 Å². The molecule has 2 rings (SSSR count). The summed E-state index contributed by atoms with van der Waals surface area (Å²) in [6.07, 6.45) is 0. The monoisotopic (exact) mass is 269 g/mol. The summed E-state index contributed by atoms with van der Waals surface area (Å²) in [5.41, 5.74) is 6.96. The van der Waals surface area contributed by atoms with Crippen LogP contribution in [0.25, 0.3) is 0 Å². The van der Waals surface area contributed by atoms with Crippen molar-refractivity contribution in [3.8, 4) is 0 Å². The van der Waals surface area contributed by atoms with Crippen LogP contribution in [0, 0.1) is 6.92 Å². The SMILES string of the molecule is Cc1ccc(S(=O)(=O)N2CCNC(=O)C2)cc1N. The molecular weight excluding hydrogens is 254 g/mol. The van der Waals surface area contributed by atoms with Crippen LogP contribution in [0.2, 0.25) is 0 Å². The van der Waals surface area contributed by atoms with Gasteiger partial charge in [0.25, 0.3) is 0 Å². The van der Waals surface area contributed by atoms with Crippen LogP contribution in [0.1, 0.15) is 5.56 Å². The molecule has 1 aromatic carbocycles. The highest BCUT2D eigenvalue weighted by molar-refractivity contribution is 7.89.